The van der Waals surface area contributed by atoms with Gasteiger partial charge in [0.05, 0.1) is 18.8 Å². The van der Waals surface area contributed by atoms with Crippen LogP contribution in [-0.2, 0) is 4.79 Å². The summed E-state index contributed by atoms with van der Waals surface area (Å²) >= 11 is 0. The third-order valence-corrected chi connectivity index (χ3v) is 10.1. The molecule has 0 aromatic rings. The first kappa shape index (κ1) is 47.1. The van der Waals surface area contributed by atoms with Crippen molar-refractivity contribution in [1.82, 2.24) is 5.32 Å². The lowest BCUT2D eigenvalue weighted by molar-refractivity contribution is -0.124. The summed E-state index contributed by atoms with van der Waals surface area (Å²) in [7, 11) is 0. The van der Waals surface area contributed by atoms with E-state index in [-0.39, 0.29) is 12.5 Å². The average Bonchev–Trinajstić information content (AvgIpc) is 3.09. The zero-order chi connectivity index (χ0) is 35.2. The molecule has 0 heterocycles. The molecule has 0 aromatic heterocycles. The van der Waals surface area contributed by atoms with Crippen molar-refractivity contribution in [3.05, 3.63) is 12.2 Å². The number of amides is 1. The highest BCUT2D eigenvalue weighted by atomic mass is 16.3. The predicted molar refractivity (Wildman–Crippen MR) is 208 cm³/mol. The van der Waals surface area contributed by atoms with Crippen molar-refractivity contribution in [3.63, 3.8) is 0 Å². The Morgan fingerprint density at radius 3 is 1.21 bits per heavy atom. The fraction of sp³-hybridized carbons (Fsp3) is 0.930. The van der Waals surface area contributed by atoms with Gasteiger partial charge in [-0.15, -0.1) is 0 Å². The van der Waals surface area contributed by atoms with Gasteiger partial charge in [0.1, 0.15) is 6.10 Å². The molecule has 1 amide bonds. The molecule has 4 N–H and O–H groups in total. The van der Waals surface area contributed by atoms with E-state index in [1.54, 1.807) is 0 Å². The first-order valence-electron chi connectivity index (χ1n) is 21.5. The molecular formula is C43H85NO4. The maximum absolute atomic E-state index is 12.4. The Bertz CT molecular complexity index is 669. The number of hydrogen-bond donors (Lipinski definition) is 4. The van der Waals surface area contributed by atoms with Gasteiger partial charge in [0.15, 0.2) is 0 Å². The van der Waals surface area contributed by atoms with Crippen molar-refractivity contribution in [2.24, 2.45) is 0 Å². The second-order valence-electron chi connectivity index (χ2n) is 14.9. The van der Waals surface area contributed by atoms with E-state index in [0.717, 1.165) is 38.5 Å². The molecule has 0 aromatic carbocycles. The molecule has 0 saturated carbocycles. The van der Waals surface area contributed by atoms with E-state index in [9.17, 15) is 20.1 Å². The lowest BCUT2D eigenvalue weighted by Crippen LogP contribution is -2.50. The first-order valence-corrected chi connectivity index (χ1v) is 21.5. The van der Waals surface area contributed by atoms with Crippen molar-refractivity contribution < 1.29 is 20.1 Å². The van der Waals surface area contributed by atoms with E-state index in [0.29, 0.717) is 12.8 Å². The van der Waals surface area contributed by atoms with Crippen molar-refractivity contribution in [3.8, 4) is 0 Å². The zero-order valence-corrected chi connectivity index (χ0v) is 32.4. The van der Waals surface area contributed by atoms with Gasteiger partial charge in [-0.2, -0.15) is 0 Å². The van der Waals surface area contributed by atoms with Crippen LogP contribution in [0.5, 0.6) is 0 Å². The summed E-state index contributed by atoms with van der Waals surface area (Å²) in [4.78, 5) is 12.4. The Morgan fingerprint density at radius 2 is 0.833 bits per heavy atom. The van der Waals surface area contributed by atoms with Gasteiger partial charge < -0.3 is 20.6 Å². The predicted octanol–water partition coefficient (Wildman–Crippen LogP) is 12.0. The van der Waals surface area contributed by atoms with Gasteiger partial charge in [-0.05, 0) is 38.5 Å². The Kier molecular flexibility index (Phi) is 38.1. The minimum absolute atomic E-state index is 0.147. The second kappa shape index (κ2) is 38.9. The highest BCUT2D eigenvalue weighted by molar-refractivity contribution is 5.76. The Hall–Kier alpha value is -0.910. The third-order valence-electron chi connectivity index (χ3n) is 10.1. The average molecular weight is 680 g/mol. The monoisotopic (exact) mass is 680 g/mol. The number of allylic oxidation sites excluding steroid dienone is 2. The maximum Gasteiger partial charge on any atom is 0.220 e. The third kappa shape index (κ3) is 33.6. The van der Waals surface area contributed by atoms with Crippen molar-refractivity contribution in [1.29, 1.82) is 0 Å². The first-order chi connectivity index (χ1) is 23.6. The van der Waals surface area contributed by atoms with Gasteiger partial charge in [0.25, 0.3) is 0 Å². The number of carbonyl (C=O) groups is 1. The topological polar surface area (TPSA) is 89.8 Å². The molecule has 0 saturated heterocycles. The van der Waals surface area contributed by atoms with Crippen LogP contribution >= 0.6 is 0 Å². The fourth-order valence-corrected chi connectivity index (χ4v) is 6.75. The molecule has 3 unspecified atom stereocenters. The van der Waals surface area contributed by atoms with Crippen LogP contribution < -0.4 is 5.32 Å². The number of aliphatic hydroxyl groups is 3. The van der Waals surface area contributed by atoms with Crippen molar-refractivity contribution >= 4 is 5.91 Å². The molecule has 0 bridgehead atoms. The summed E-state index contributed by atoms with van der Waals surface area (Å²) in [6.07, 6.45) is 44.8. The lowest BCUT2D eigenvalue weighted by Gasteiger charge is -2.26. The zero-order valence-electron chi connectivity index (χ0n) is 32.4. The summed E-state index contributed by atoms with van der Waals surface area (Å²) in [5, 5.41) is 33.3. The highest BCUT2D eigenvalue weighted by Gasteiger charge is 2.26. The molecule has 0 aliphatic heterocycles. The normalized spacial score (nSPS) is 13.7. The van der Waals surface area contributed by atoms with Crippen LogP contribution in [0.3, 0.4) is 0 Å². The second-order valence-corrected chi connectivity index (χ2v) is 14.9. The molecule has 0 aliphatic rings. The quantitative estimate of drug-likeness (QED) is 0.0384. The van der Waals surface area contributed by atoms with E-state index in [1.807, 2.05) is 0 Å². The molecule has 5 heteroatoms. The molecule has 286 valence electrons. The van der Waals surface area contributed by atoms with Crippen LogP contribution in [-0.4, -0.2) is 46.1 Å². The van der Waals surface area contributed by atoms with E-state index in [4.69, 9.17) is 0 Å². The van der Waals surface area contributed by atoms with Crippen LogP contribution in [0.2, 0.25) is 0 Å². The summed E-state index contributed by atoms with van der Waals surface area (Å²) < 4.78 is 0. The molecule has 3 atom stereocenters. The molecule has 0 fully saturated rings. The molecule has 0 aliphatic carbocycles. The number of hydrogen-bond acceptors (Lipinski definition) is 4. The molecule has 0 spiro atoms. The maximum atomic E-state index is 12.4. The van der Waals surface area contributed by atoms with Crippen LogP contribution in [0.15, 0.2) is 12.2 Å². The number of unbranched alkanes of at least 4 members (excludes halogenated alkanes) is 29. The van der Waals surface area contributed by atoms with Gasteiger partial charge in [0, 0.05) is 6.42 Å². The highest BCUT2D eigenvalue weighted by Crippen LogP contribution is 2.16. The standard InChI is InChI=1S/C43H85NO4/c1-3-5-7-9-11-13-14-15-16-17-18-19-20-21-22-23-24-25-26-27-28-29-30-32-34-36-38-42(47)44-40(39-45)43(48)41(46)37-35-33-31-12-10-8-6-4-2/h21-22,40-41,43,45-46,48H,3-20,23-39H2,1-2H3,(H,44,47)/b22-21-. The number of aliphatic hydroxyl groups excluding tert-OH is 3. The minimum atomic E-state index is -1.13. The Labute approximate surface area is 299 Å². The van der Waals surface area contributed by atoms with E-state index in [2.05, 4.69) is 31.3 Å². The van der Waals surface area contributed by atoms with Crippen molar-refractivity contribution in [2.45, 2.75) is 250 Å². The van der Waals surface area contributed by atoms with Crippen LogP contribution in [0.25, 0.3) is 0 Å². The number of nitrogens with one attached hydrogen (secondary N) is 1. The number of carbonyl (C=O) groups excluding carboxylic acids is 1. The Morgan fingerprint density at radius 1 is 0.500 bits per heavy atom. The molecule has 0 rings (SSSR count). The minimum Gasteiger partial charge on any atom is -0.394 e. The number of rotatable bonds is 39. The van der Waals surface area contributed by atoms with Gasteiger partial charge in [-0.3, -0.25) is 4.79 Å². The summed E-state index contributed by atoms with van der Waals surface area (Å²) in [6.45, 7) is 4.15. The summed E-state index contributed by atoms with van der Waals surface area (Å²) in [6, 6.07) is -0.804. The summed E-state index contributed by atoms with van der Waals surface area (Å²) in [5.41, 5.74) is 0. The smallest absolute Gasteiger partial charge is 0.220 e. The van der Waals surface area contributed by atoms with Crippen LogP contribution in [0.1, 0.15) is 232 Å². The van der Waals surface area contributed by atoms with E-state index >= 15 is 0 Å². The fourth-order valence-electron chi connectivity index (χ4n) is 6.75. The van der Waals surface area contributed by atoms with Gasteiger partial charge in [0.2, 0.25) is 5.91 Å². The van der Waals surface area contributed by atoms with Gasteiger partial charge in [-0.1, -0.05) is 199 Å². The van der Waals surface area contributed by atoms with Crippen LogP contribution in [0, 0.1) is 0 Å². The summed E-state index contributed by atoms with van der Waals surface area (Å²) in [5.74, 6) is -0.147. The van der Waals surface area contributed by atoms with Crippen molar-refractivity contribution in [2.75, 3.05) is 6.61 Å². The Balaban J connectivity index is 3.51. The molecule has 0 radical (unpaired) electrons. The molecular weight excluding hydrogens is 594 g/mol. The SMILES string of the molecule is CCCCCCCCCCCCCC/C=C\CCCCCCCCCCCCC(=O)NC(CO)C(O)C(O)CCCCCCCCCC. The van der Waals surface area contributed by atoms with Gasteiger partial charge in [-0.25, -0.2) is 0 Å². The lowest BCUT2D eigenvalue weighted by atomic mass is 9.99. The molecule has 5 nitrogen and oxygen atoms in total. The van der Waals surface area contributed by atoms with Crippen LogP contribution in [0.4, 0.5) is 0 Å². The van der Waals surface area contributed by atoms with E-state index in [1.165, 1.54) is 167 Å². The molecule has 48 heavy (non-hydrogen) atoms. The van der Waals surface area contributed by atoms with Gasteiger partial charge >= 0.3 is 0 Å². The van der Waals surface area contributed by atoms with E-state index < -0.39 is 18.2 Å². The largest absolute Gasteiger partial charge is 0.394 e.